The van der Waals surface area contributed by atoms with Crippen LogP contribution >= 0.6 is 0 Å². The Morgan fingerprint density at radius 2 is 2.07 bits per heavy atom. The summed E-state index contributed by atoms with van der Waals surface area (Å²) in [4.78, 5) is 17.3. The quantitative estimate of drug-likeness (QED) is 0.724. The van der Waals surface area contributed by atoms with Gasteiger partial charge in [0.25, 0.3) is 0 Å². The molecule has 140 valence electrons. The van der Waals surface area contributed by atoms with Crippen LogP contribution in [0, 0.1) is 12.8 Å². The number of aromatic nitrogens is 2. The first-order valence-electron chi connectivity index (χ1n) is 8.76. The van der Waals surface area contributed by atoms with Crippen molar-refractivity contribution in [3.63, 3.8) is 0 Å². The van der Waals surface area contributed by atoms with Crippen LogP contribution in [0.4, 0.5) is 18.9 Å². The fourth-order valence-electron chi connectivity index (χ4n) is 3.55. The van der Waals surface area contributed by atoms with E-state index in [2.05, 4.69) is 10.3 Å². The Morgan fingerprint density at radius 1 is 1.26 bits per heavy atom. The highest BCUT2D eigenvalue weighted by Gasteiger charge is 2.31. The van der Waals surface area contributed by atoms with Crippen molar-refractivity contribution in [1.29, 1.82) is 0 Å². The first-order chi connectivity index (χ1) is 12.8. The highest BCUT2D eigenvalue weighted by molar-refractivity contribution is 5.93. The molecular weight excluding hydrogens is 355 g/mol. The Morgan fingerprint density at radius 3 is 2.85 bits per heavy atom. The van der Waals surface area contributed by atoms with Crippen LogP contribution < -0.4 is 5.32 Å². The van der Waals surface area contributed by atoms with Crippen LogP contribution in [0.15, 0.2) is 42.6 Å². The van der Waals surface area contributed by atoms with Gasteiger partial charge in [0, 0.05) is 29.9 Å². The van der Waals surface area contributed by atoms with Crippen molar-refractivity contribution >= 4 is 17.2 Å². The number of nitrogens with zero attached hydrogens (tertiary/aromatic N) is 2. The maximum atomic E-state index is 12.8. The molecule has 1 unspecified atom stereocenters. The van der Waals surface area contributed by atoms with Crippen LogP contribution in [0.2, 0.25) is 0 Å². The highest BCUT2D eigenvalue weighted by atomic mass is 19.4. The van der Waals surface area contributed by atoms with Gasteiger partial charge in [-0.1, -0.05) is 12.1 Å². The summed E-state index contributed by atoms with van der Waals surface area (Å²) in [5.74, 6) is -0.560. The molecule has 1 atom stereocenters. The van der Waals surface area contributed by atoms with Gasteiger partial charge in [-0.15, -0.1) is 0 Å². The maximum absolute atomic E-state index is 12.8. The molecule has 27 heavy (non-hydrogen) atoms. The van der Waals surface area contributed by atoms with Gasteiger partial charge in [0.05, 0.1) is 11.3 Å². The number of benzene rings is 1. The van der Waals surface area contributed by atoms with Gasteiger partial charge in [-0.05, 0) is 49.6 Å². The number of pyridine rings is 1. The van der Waals surface area contributed by atoms with E-state index in [1.807, 2.05) is 29.7 Å². The van der Waals surface area contributed by atoms with Gasteiger partial charge in [0.15, 0.2) is 0 Å². The number of fused-ring (bicyclic) bond motifs is 3. The molecular formula is C20H18F3N3O. The largest absolute Gasteiger partial charge is 0.416 e. The summed E-state index contributed by atoms with van der Waals surface area (Å²) in [6.07, 6.45) is -0.620. The molecule has 0 bridgehead atoms. The average molecular weight is 373 g/mol. The Hall–Kier alpha value is -2.83. The molecule has 2 heterocycles. The molecule has 0 radical (unpaired) electrons. The molecule has 0 aliphatic heterocycles. The van der Waals surface area contributed by atoms with E-state index in [1.165, 1.54) is 12.1 Å². The van der Waals surface area contributed by atoms with E-state index in [9.17, 15) is 18.0 Å². The maximum Gasteiger partial charge on any atom is 0.416 e. The second-order valence-electron chi connectivity index (χ2n) is 6.95. The number of carbonyl (C=O) groups is 1. The molecule has 0 saturated carbocycles. The monoisotopic (exact) mass is 373 g/mol. The zero-order chi connectivity index (χ0) is 19.2. The van der Waals surface area contributed by atoms with E-state index in [-0.39, 0.29) is 17.5 Å². The molecule has 0 fully saturated rings. The molecule has 1 aliphatic carbocycles. The first kappa shape index (κ1) is 17.6. The summed E-state index contributed by atoms with van der Waals surface area (Å²) in [7, 11) is 0. The Labute approximate surface area is 154 Å². The second-order valence-corrected chi connectivity index (χ2v) is 6.95. The van der Waals surface area contributed by atoms with Crippen LogP contribution in [0.3, 0.4) is 0 Å². The molecule has 1 aliphatic rings. The fraction of sp³-hybridized carbons (Fsp3) is 0.300. The number of hydrogen-bond donors (Lipinski definition) is 1. The molecule has 0 spiro atoms. The van der Waals surface area contributed by atoms with Crippen molar-refractivity contribution in [2.45, 2.75) is 32.4 Å². The SMILES string of the molecule is Cc1ccc2nc3c(n2c1)CC(C(=O)Nc1cccc(C(F)(F)F)c1)CC3. The zero-order valence-corrected chi connectivity index (χ0v) is 14.7. The molecule has 2 aromatic heterocycles. The van der Waals surface area contributed by atoms with Crippen LogP contribution in [-0.4, -0.2) is 15.3 Å². The van der Waals surface area contributed by atoms with Gasteiger partial charge in [-0.3, -0.25) is 4.79 Å². The lowest BCUT2D eigenvalue weighted by molar-refractivity contribution is -0.137. The van der Waals surface area contributed by atoms with Crippen LogP contribution in [0.25, 0.3) is 5.65 Å². The van der Waals surface area contributed by atoms with E-state index in [1.54, 1.807) is 0 Å². The number of carbonyl (C=O) groups excluding carboxylic acids is 1. The van der Waals surface area contributed by atoms with Crippen LogP contribution in [-0.2, 0) is 23.8 Å². The lowest BCUT2D eigenvalue weighted by Crippen LogP contribution is -2.28. The van der Waals surface area contributed by atoms with Crippen molar-refractivity contribution in [2.24, 2.45) is 5.92 Å². The Balaban J connectivity index is 1.55. The lowest BCUT2D eigenvalue weighted by Gasteiger charge is -2.21. The number of halogens is 3. The normalized spacial score (nSPS) is 17.0. The predicted octanol–water partition coefficient (Wildman–Crippen LogP) is 4.41. The standard InChI is InChI=1S/C20H18F3N3O/c1-12-5-8-18-25-16-7-6-13(9-17(16)26(18)11-12)19(27)24-15-4-2-3-14(10-15)20(21,22)23/h2-5,8,10-11,13H,6-7,9H2,1H3,(H,24,27). The van der Waals surface area contributed by atoms with Gasteiger partial charge in [-0.2, -0.15) is 13.2 Å². The number of rotatable bonds is 2. The highest BCUT2D eigenvalue weighted by Crippen LogP contribution is 2.31. The van der Waals surface area contributed by atoms with E-state index in [0.29, 0.717) is 19.3 Å². The summed E-state index contributed by atoms with van der Waals surface area (Å²) in [5.41, 5.74) is 3.33. The smallest absolute Gasteiger partial charge is 0.326 e. The number of hydrogen-bond acceptors (Lipinski definition) is 2. The number of amides is 1. The first-order valence-corrected chi connectivity index (χ1v) is 8.76. The van der Waals surface area contributed by atoms with Crippen molar-refractivity contribution < 1.29 is 18.0 Å². The van der Waals surface area contributed by atoms with Crippen molar-refractivity contribution in [3.8, 4) is 0 Å². The minimum atomic E-state index is -4.44. The molecule has 1 amide bonds. The van der Waals surface area contributed by atoms with Crippen LogP contribution in [0.1, 0.15) is 28.9 Å². The molecule has 1 aromatic carbocycles. The third-order valence-electron chi connectivity index (χ3n) is 4.95. The number of imidazole rings is 1. The number of nitrogens with one attached hydrogen (secondary N) is 1. The minimum Gasteiger partial charge on any atom is -0.326 e. The molecule has 4 rings (SSSR count). The van der Waals surface area contributed by atoms with Crippen LogP contribution in [0.5, 0.6) is 0 Å². The topological polar surface area (TPSA) is 46.4 Å². The van der Waals surface area contributed by atoms with E-state index in [4.69, 9.17) is 0 Å². The molecule has 4 nitrogen and oxygen atoms in total. The summed E-state index contributed by atoms with van der Waals surface area (Å²) in [6.45, 7) is 1.99. The molecule has 1 N–H and O–H groups in total. The van der Waals surface area contributed by atoms with Gasteiger partial charge in [0.1, 0.15) is 5.65 Å². The summed E-state index contributed by atoms with van der Waals surface area (Å²) < 4.78 is 40.6. The molecule has 3 aromatic rings. The Kier molecular flexibility index (Phi) is 4.17. The number of alkyl halides is 3. The summed E-state index contributed by atoms with van der Waals surface area (Å²) in [6, 6.07) is 8.66. The fourth-order valence-corrected chi connectivity index (χ4v) is 3.55. The van der Waals surface area contributed by atoms with Crippen molar-refractivity contribution in [2.75, 3.05) is 5.32 Å². The van der Waals surface area contributed by atoms with Gasteiger partial charge in [0.2, 0.25) is 5.91 Å². The third kappa shape index (κ3) is 3.41. The zero-order valence-electron chi connectivity index (χ0n) is 14.7. The van der Waals surface area contributed by atoms with Crippen molar-refractivity contribution in [3.05, 3.63) is 65.1 Å². The third-order valence-corrected chi connectivity index (χ3v) is 4.95. The Bertz CT molecular complexity index is 1020. The second kappa shape index (κ2) is 6.40. The predicted molar refractivity (Wildman–Crippen MR) is 95.5 cm³/mol. The molecule has 7 heteroatoms. The van der Waals surface area contributed by atoms with E-state index >= 15 is 0 Å². The van der Waals surface area contributed by atoms with Gasteiger partial charge < -0.3 is 9.72 Å². The lowest BCUT2D eigenvalue weighted by atomic mass is 9.89. The minimum absolute atomic E-state index is 0.162. The average Bonchev–Trinajstić information content (AvgIpc) is 2.98. The number of anilines is 1. The van der Waals surface area contributed by atoms with E-state index < -0.39 is 11.7 Å². The summed E-state index contributed by atoms with van der Waals surface area (Å²) in [5, 5.41) is 2.64. The van der Waals surface area contributed by atoms with Crippen molar-refractivity contribution in [1.82, 2.24) is 9.38 Å². The molecule has 0 saturated heterocycles. The van der Waals surface area contributed by atoms with Gasteiger partial charge in [-0.25, -0.2) is 4.98 Å². The summed E-state index contributed by atoms with van der Waals surface area (Å²) >= 11 is 0. The van der Waals surface area contributed by atoms with E-state index in [0.717, 1.165) is 34.7 Å². The number of aryl methyl sites for hydroxylation is 2. The van der Waals surface area contributed by atoms with Gasteiger partial charge >= 0.3 is 6.18 Å².